The van der Waals surface area contributed by atoms with Crippen LogP contribution in [0.3, 0.4) is 0 Å². The van der Waals surface area contributed by atoms with Crippen molar-refractivity contribution < 1.29 is 14.3 Å². The van der Waals surface area contributed by atoms with Gasteiger partial charge in [0.25, 0.3) is 0 Å². The number of likely N-dealkylation sites (tertiary alicyclic amines) is 1. The monoisotopic (exact) mass is 345 g/mol. The maximum absolute atomic E-state index is 12.6. The molecule has 1 aromatic rings. The Labute approximate surface area is 151 Å². The average Bonchev–Trinajstić information content (AvgIpc) is 3.11. The second-order valence-electron chi connectivity index (χ2n) is 6.78. The van der Waals surface area contributed by atoms with E-state index in [-0.39, 0.29) is 11.8 Å². The van der Waals surface area contributed by atoms with Crippen LogP contribution in [-0.4, -0.2) is 36.3 Å². The minimum Gasteiger partial charge on any atom is -0.466 e. The summed E-state index contributed by atoms with van der Waals surface area (Å²) in [5.41, 5.74) is 2.05. The van der Waals surface area contributed by atoms with Gasteiger partial charge in [-0.1, -0.05) is 37.1 Å². The smallest absolute Gasteiger partial charge is 0.305 e. The maximum Gasteiger partial charge on any atom is 0.305 e. The second kappa shape index (κ2) is 11.0. The topological polar surface area (TPSA) is 46.6 Å². The van der Waals surface area contributed by atoms with Crippen LogP contribution >= 0.6 is 0 Å². The quantitative estimate of drug-likeness (QED) is 0.339. The Balaban J connectivity index is 1.71. The van der Waals surface area contributed by atoms with E-state index in [4.69, 9.17) is 4.74 Å². The number of hydrogen-bond acceptors (Lipinski definition) is 4. The van der Waals surface area contributed by atoms with Gasteiger partial charge in [-0.2, -0.15) is 0 Å². The van der Waals surface area contributed by atoms with Crippen molar-refractivity contribution in [3.63, 3.8) is 0 Å². The average molecular weight is 345 g/mol. The van der Waals surface area contributed by atoms with E-state index >= 15 is 0 Å². The summed E-state index contributed by atoms with van der Waals surface area (Å²) in [4.78, 5) is 26.3. The minimum atomic E-state index is -0.116. The molecular formula is C21H31NO3. The van der Waals surface area contributed by atoms with Crippen LogP contribution in [0, 0.1) is 0 Å². The molecule has 1 saturated heterocycles. The summed E-state index contributed by atoms with van der Waals surface area (Å²) in [6.07, 6.45) is 7.31. The Bertz CT molecular complexity index is 550. The zero-order chi connectivity index (χ0) is 17.9. The number of carbonyl (C=O) groups excluding carboxylic acids is 2. The molecule has 1 aliphatic heterocycles. The summed E-state index contributed by atoms with van der Waals surface area (Å²) in [5.74, 6) is 0.134. The van der Waals surface area contributed by atoms with Crippen molar-refractivity contribution in [3.8, 4) is 0 Å². The van der Waals surface area contributed by atoms with Crippen LogP contribution in [-0.2, 0) is 16.1 Å². The van der Waals surface area contributed by atoms with Crippen LogP contribution in [0.25, 0.3) is 0 Å². The molecule has 4 heteroatoms. The van der Waals surface area contributed by atoms with Gasteiger partial charge in [0.15, 0.2) is 5.78 Å². The number of ketones is 1. The lowest BCUT2D eigenvalue weighted by atomic mass is 9.99. The van der Waals surface area contributed by atoms with Crippen LogP contribution in [0.2, 0.25) is 0 Å². The van der Waals surface area contributed by atoms with Crippen molar-refractivity contribution in [2.45, 2.75) is 64.8 Å². The Morgan fingerprint density at radius 1 is 1.00 bits per heavy atom. The molecule has 2 rings (SSSR count). The Kier molecular flexibility index (Phi) is 8.67. The number of benzene rings is 1. The molecule has 1 aromatic carbocycles. The van der Waals surface area contributed by atoms with Gasteiger partial charge in [0.1, 0.15) is 0 Å². The fourth-order valence-corrected chi connectivity index (χ4v) is 3.39. The highest BCUT2D eigenvalue weighted by atomic mass is 16.5. The number of unbranched alkanes of at least 4 members (excludes halogenated alkanes) is 3. The normalized spacial score (nSPS) is 14.6. The van der Waals surface area contributed by atoms with Crippen LogP contribution in [0.1, 0.15) is 74.2 Å². The Hall–Kier alpha value is -1.68. The summed E-state index contributed by atoms with van der Waals surface area (Å²) in [6, 6.07) is 8.04. The summed E-state index contributed by atoms with van der Waals surface area (Å²) < 4.78 is 4.92. The molecule has 0 N–H and O–H groups in total. The number of Topliss-reactive ketones (excluding diaryl/α,β-unsaturated/α-hetero) is 1. The van der Waals surface area contributed by atoms with Gasteiger partial charge < -0.3 is 4.74 Å². The van der Waals surface area contributed by atoms with E-state index in [1.807, 2.05) is 25.1 Å². The standard InChI is InChI=1S/C21H31NO3/c1-2-25-21(24)14-6-4-3-5-13-20(23)19-12-8-7-11-18(19)17-22-15-9-10-16-22/h7-8,11-12H,2-6,9-10,13-17H2,1H3. The van der Waals surface area contributed by atoms with Gasteiger partial charge in [-0.3, -0.25) is 14.5 Å². The second-order valence-corrected chi connectivity index (χ2v) is 6.78. The van der Waals surface area contributed by atoms with E-state index in [2.05, 4.69) is 11.0 Å². The first-order valence-corrected chi connectivity index (χ1v) is 9.69. The molecular weight excluding hydrogens is 314 g/mol. The third-order valence-electron chi connectivity index (χ3n) is 4.75. The SMILES string of the molecule is CCOC(=O)CCCCCCC(=O)c1ccccc1CN1CCCC1. The van der Waals surface area contributed by atoms with Crippen molar-refractivity contribution in [3.05, 3.63) is 35.4 Å². The summed E-state index contributed by atoms with van der Waals surface area (Å²) >= 11 is 0. The predicted octanol–water partition coefficient (Wildman–Crippen LogP) is 4.37. The van der Waals surface area contributed by atoms with Gasteiger partial charge in [-0.25, -0.2) is 0 Å². The van der Waals surface area contributed by atoms with E-state index in [9.17, 15) is 9.59 Å². The molecule has 0 aromatic heterocycles. The molecule has 1 heterocycles. The van der Waals surface area contributed by atoms with E-state index in [0.29, 0.717) is 19.4 Å². The maximum atomic E-state index is 12.6. The molecule has 4 nitrogen and oxygen atoms in total. The number of ether oxygens (including phenoxy) is 1. The molecule has 0 aliphatic carbocycles. The number of hydrogen-bond donors (Lipinski definition) is 0. The highest BCUT2D eigenvalue weighted by Gasteiger charge is 2.16. The van der Waals surface area contributed by atoms with Crippen LogP contribution < -0.4 is 0 Å². The number of nitrogens with zero attached hydrogens (tertiary/aromatic N) is 1. The van der Waals surface area contributed by atoms with Crippen molar-refractivity contribution in [2.24, 2.45) is 0 Å². The molecule has 0 saturated carbocycles. The van der Waals surface area contributed by atoms with Crippen LogP contribution in [0.4, 0.5) is 0 Å². The molecule has 0 amide bonds. The van der Waals surface area contributed by atoms with E-state index < -0.39 is 0 Å². The molecule has 0 unspecified atom stereocenters. The number of carbonyl (C=O) groups is 2. The fraction of sp³-hybridized carbons (Fsp3) is 0.619. The summed E-state index contributed by atoms with van der Waals surface area (Å²) in [5, 5.41) is 0. The van der Waals surface area contributed by atoms with Crippen LogP contribution in [0.5, 0.6) is 0 Å². The highest BCUT2D eigenvalue weighted by molar-refractivity contribution is 5.97. The molecule has 0 spiro atoms. The molecule has 0 atom stereocenters. The van der Waals surface area contributed by atoms with Gasteiger partial charge in [0.2, 0.25) is 0 Å². The first-order chi connectivity index (χ1) is 12.2. The molecule has 1 aliphatic rings. The van der Waals surface area contributed by atoms with Crippen molar-refractivity contribution in [1.29, 1.82) is 0 Å². The fourth-order valence-electron chi connectivity index (χ4n) is 3.39. The van der Waals surface area contributed by atoms with Gasteiger partial charge in [-0.05, 0) is 51.3 Å². The van der Waals surface area contributed by atoms with Gasteiger partial charge in [0.05, 0.1) is 6.61 Å². The largest absolute Gasteiger partial charge is 0.466 e. The van der Waals surface area contributed by atoms with Gasteiger partial charge in [-0.15, -0.1) is 0 Å². The number of esters is 1. The van der Waals surface area contributed by atoms with Gasteiger partial charge >= 0.3 is 5.97 Å². The first-order valence-electron chi connectivity index (χ1n) is 9.69. The Morgan fingerprint density at radius 2 is 1.68 bits per heavy atom. The first kappa shape index (κ1) is 19.6. The van der Waals surface area contributed by atoms with Crippen molar-refractivity contribution >= 4 is 11.8 Å². The zero-order valence-electron chi connectivity index (χ0n) is 15.5. The van der Waals surface area contributed by atoms with Crippen molar-refractivity contribution in [1.82, 2.24) is 4.90 Å². The molecule has 138 valence electrons. The molecule has 1 fully saturated rings. The lowest BCUT2D eigenvalue weighted by molar-refractivity contribution is -0.143. The Morgan fingerprint density at radius 3 is 2.40 bits per heavy atom. The number of rotatable bonds is 11. The van der Waals surface area contributed by atoms with Gasteiger partial charge in [0, 0.05) is 24.9 Å². The predicted molar refractivity (Wildman–Crippen MR) is 99.6 cm³/mol. The molecule has 0 radical (unpaired) electrons. The minimum absolute atomic E-state index is 0.116. The van der Waals surface area contributed by atoms with E-state index in [1.54, 1.807) is 0 Å². The summed E-state index contributed by atoms with van der Waals surface area (Å²) in [7, 11) is 0. The third kappa shape index (κ3) is 6.99. The lowest BCUT2D eigenvalue weighted by Crippen LogP contribution is -2.20. The van der Waals surface area contributed by atoms with E-state index in [1.165, 1.54) is 12.8 Å². The van der Waals surface area contributed by atoms with E-state index in [0.717, 1.165) is 56.4 Å². The lowest BCUT2D eigenvalue weighted by Gasteiger charge is -2.17. The molecule has 25 heavy (non-hydrogen) atoms. The summed E-state index contributed by atoms with van der Waals surface area (Å²) in [6.45, 7) is 5.45. The zero-order valence-corrected chi connectivity index (χ0v) is 15.5. The van der Waals surface area contributed by atoms with Crippen molar-refractivity contribution in [2.75, 3.05) is 19.7 Å². The van der Waals surface area contributed by atoms with Crippen LogP contribution in [0.15, 0.2) is 24.3 Å². The third-order valence-corrected chi connectivity index (χ3v) is 4.75. The molecule has 0 bridgehead atoms. The highest BCUT2D eigenvalue weighted by Crippen LogP contribution is 2.18.